The predicted molar refractivity (Wildman–Crippen MR) is 105 cm³/mol. The molecule has 0 aliphatic heterocycles. The van der Waals surface area contributed by atoms with Gasteiger partial charge in [-0.3, -0.25) is 14.4 Å². The molecule has 3 rings (SSSR count). The minimum Gasteiger partial charge on any atom is -0.308 e. The molecule has 1 aromatic carbocycles. The van der Waals surface area contributed by atoms with Crippen LogP contribution in [-0.4, -0.2) is 52.8 Å². The van der Waals surface area contributed by atoms with E-state index < -0.39 is 0 Å². The Labute approximate surface area is 157 Å². The lowest BCUT2D eigenvalue weighted by Crippen LogP contribution is -2.38. The third kappa shape index (κ3) is 4.00. The zero-order valence-corrected chi connectivity index (χ0v) is 16.4. The number of anilines is 1. The van der Waals surface area contributed by atoms with Gasteiger partial charge >= 0.3 is 0 Å². The van der Waals surface area contributed by atoms with E-state index >= 15 is 0 Å². The second-order valence-electron chi connectivity index (χ2n) is 6.02. The molecule has 1 amide bonds. The quantitative estimate of drug-likeness (QED) is 0.683. The number of thiazole rings is 1. The van der Waals surface area contributed by atoms with Crippen molar-refractivity contribution in [2.75, 3.05) is 32.1 Å². The van der Waals surface area contributed by atoms with E-state index in [0.29, 0.717) is 12.2 Å². The summed E-state index contributed by atoms with van der Waals surface area (Å²) in [5.74, 6) is -0.0617. The SMILES string of the molecule is Cc1cnn(C)c1C(=O)N(CCN(C)C)c1nc2ccccc2s1.Cl. The van der Waals surface area contributed by atoms with E-state index in [1.165, 1.54) is 0 Å². The second-order valence-corrected chi connectivity index (χ2v) is 7.03. The fourth-order valence-electron chi connectivity index (χ4n) is 2.54. The Morgan fingerprint density at radius 2 is 1.96 bits per heavy atom. The van der Waals surface area contributed by atoms with Gasteiger partial charge in [0.1, 0.15) is 5.69 Å². The van der Waals surface area contributed by atoms with Crippen LogP contribution in [0.15, 0.2) is 30.5 Å². The lowest BCUT2D eigenvalue weighted by Gasteiger charge is -2.22. The fraction of sp³-hybridized carbons (Fsp3) is 0.353. The van der Waals surface area contributed by atoms with Crippen LogP contribution >= 0.6 is 23.7 Å². The standard InChI is InChI=1S/C17H21N5OS.ClH/c1-12-11-18-21(4)15(12)16(23)22(10-9-20(2)3)17-19-13-7-5-6-8-14(13)24-17;/h5-8,11H,9-10H2,1-4H3;1H. The number of halogens is 1. The summed E-state index contributed by atoms with van der Waals surface area (Å²) in [5, 5.41) is 4.92. The summed E-state index contributed by atoms with van der Waals surface area (Å²) >= 11 is 1.54. The van der Waals surface area contributed by atoms with Gasteiger partial charge in [0.15, 0.2) is 5.13 Å². The highest BCUT2D eigenvalue weighted by molar-refractivity contribution is 7.22. The van der Waals surface area contributed by atoms with E-state index in [2.05, 4.69) is 15.0 Å². The number of aromatic nitrogens is 3. The molecule has 0 radical (unpaired) electrons. The molecule has 2 aromatic heterocycles. The first-order valence-electron chi connectivity index (χ1n) is 7.78. The van der Waals surface area contributed by atoms with Crippen molar-refractivity contribution in [3.8, 4) is 0 Å². The van der Waals surface area contributed by atoms with Crippen molar-refractivity contribution in [2.24, 2.45) is 7.05 Å². The second kappa shape index (κ2) is 7.95. The Morgan fingerprint density at radius 3 is 2.56 bits per heavy atom. The first-order chi connectivity index (χ1) is 11.5. The highest BCUT2D eigenvalue weighted by Gasteiger charge is 2.25. The zero-order valence-electron chi connectivity index (χ0n) is 14.8. The average molecular weight is 380 g/mol. The summed E-state index contributed by atoms with van der Waals surface area (Å²) in [6.07, 6.45) is 1.72. The van der Waals surface area contributed by atoms with Crippen LogP contribution in [0.1, 0.15) is 16.1 Å². The van der Waals surface area contributed by atoms with Crippen LogP contribution in [0, 0.1) is 6.92 Å². The van der Waals surface area contributed by atoms with Crippen LogP contribution in [0.2, 0.25) is 0 Å². The molecule has 134 valence electrons. The number of fused-ring (bicyclic) bond motifs is 1. The molecule has 8 heteroatoms. The number of aryl methyl sites for hydroxylation is 2. The Balaban J connectivity index is 0.00000225. The van der Waals surface area contributed by atoms with Crippen molar-refractivity contribution in [3.63, 3.8) is 0 Å². The maximum atomic E-state index is 13.2. The molecular formula is C17H22ClN5OS. The molecule has 6 nitrogen and oxygen atoms in total. The first kappa shape index (κ1) is 19.4. The number of para-hydroxylation sites is 1. The smallest absolute Gasteiger partial charge is 0.278 e. The Bertz CT molecular complexity index is 820. The molecule has 0 atom stereocenters. The Hall–Kier alpha value is -1.96. The van der Waals surface area contributed by atoms with Crippen molar-refractivity contribution >= 4 is 45.0 Å². The number of nitrogens with zero attached hydrogens (tertiary/aromatic N) is 5. The number of likely N-dealkylation sites (N-methyl/N-ethyl adjacent to an activating group) is 1. The minimum atomic E-state index is -0.0617. The lowest BCUT2D eigenvalue weighted by atomic mass is 10.2. The normalized spacial score (nSPS) is 10.9. The molecular weight excluding hydrogens is 358 g/mol. The van der Waals surface area contributed by atoms with Gasteiger partial charge in [-0.1, -0.05) is 23.5 Å². The number of hydrogen-bond donors (Lipinski definition) is 0. The molecule has 0 aliphatic carbocycles. The molecule has 0 unspecified atom stereocenters. The summed E-state index contributed by atoms with van der Waals surface area (Å²) in [5.41, 5.74) is 2.40. The lowest BCUT2D eigenvalue weighted by molar-refractivity contribution is 0.0975. The molecule has 0 saturated carbocycles. The summed E-state index contributed by atoms with van der Waals surface area (Å²) in [7, 11) is 5.79. The molecule has 0 spiro atoms. The maximum absolute atomic E-state index is 13.2. The average Bonchev–Trinajstić information content (AvgIpc) is 3.10. The molecule has 25 heavy (non-hydrogen) atoms. The van der Waals surface area contributed by atoms with Gasteiger partial charge in [0.05, 0.1) is 16.4 Å². The molecule has 0 N–H and O–H groups in total. The monoisotopic (exact) mass is 379 g/mol. The van der Waals surface area contributed by atoms with Crippen molar-refractivity contribution in [2.45, 2.75) is 6.92 Å². The highest BCUT2D eigenvalue weighted by Crippen LogP contribution is 2.29. The summed E-state index contributed by atoms with van der Waals surface area (Å²) in [6, 6.07) is 7.95. The zero-order chi connectivity index (χ0) is 17.3. The van der Waals surface area contributed by atoms with Crippen LogP contribution in [0.3, 0.4) is 0 Å². The van der Waals surface area contributed by atoms with Gasteiger partial charge in [0, 0.05) is 20.1 Å². The van der Waals surface area contributed by atoms with Crippen molar-refractivity contribution in [3.05, 3.63) is 41.7 Å². The molecule has 0 bridgehead atoms. The molecule has 0 saturated heterocycles. The van der Waals surface area contributed by atoms with Gasteiger partial charge in [-0.15, -0.1) is 12.4 Å². The van der Waals surface area contributed by atoms with E-state index in [-0.39, 0.29) is 18.3 Å². The largest absolute Gasteiger partial charge is 0.308 e. The molecule has 2 heterocycles. The van der Waals surface area contributed by atoms with Crippen LogP contribution < -0.4 is 4.90 Å². The molecule has 0 aliphatic rings. The number of carbonyl (C=O) groups excluding carboxylic acids is 1. The van der Waals surface area contributed by atoms with E-state index in [1.54, 1.807) is 34.2 Å². The number of hydrogen-bond acceptors (Lipinski definition) is 5. The molecule has 0 fully saturated rings. The van der Waals surface area contributed by atoms with Gasteiger partial charge in [0.25, 0.3) is 5.91 Å². The maximum Gasteiger partial charge on any atom is 0.278 e. The van der Waals surface area contributed by atoms with Crippen molar-refractivity contribution < 1.29 is 4.79 Å². The minimum absolute atomic E-state index is 0. The van der Waals surface area contributed by atoms with Gasteiger partial charge < -0.3 is 4.90 Å². The van der Waals surface area contributed by atoms with Crippen molar-refractivity contribution in [1.82, 2.24) is 19.7 Å². The van der Waals surface area contributed by atoms with Gasteiger partial charge in [-0.05, 0) is 38.7 Å². The van der Waals surface area contributed by atoms with Gasteiger partial charge in [-0.25, -0.2) is 4.98 Å². The summed E-state index contributed by atoms with van der Waals surface area (Å²) < 4.78 is 2.71. The van der Waals surface area contributed by atoms with E-state index in [9.17, 15) is 4.79 Å². The van der Waals surface area contributed by atoms with Gasteiger partial charge in [-0.2, -0.15) is 5.10 Å². The van der Waals surface area contributed by atoms with Gasteiger partial charge in [0.2, 0.25) is 0 Å². The number of rotatable bonds is 5. The highest BCUT2D eigenvalue weighted by atomic mass is 35.5. The number of amides is 1. The van der Waals surface area contributed by atoms with E-state index in [0.717, 1.165) is 27.5 Å². The third-order valence-electron chi connectivity index (χ3n) is 3.85. The molecule has 3 aromatic rings. The van der Waals surface area contributed by atoms with E-state index in [1.807, 2.05) is 45.3 Å². The topological polar surface area (TPSA) is 54.3 Å². The Morgan fingerprint density at radius 1 is 1.24 bits per heavy atom. The van der Waals surface area contributed by atoms with Crippen LogP contribution in [0.4, 0.5) is 5.13 Å². The van der Waals surface area contributed by atoms with Crippen LogP contribution in [0.5, 0.6) is 0 Å². The summed E-state index contributed by atoms with van der Waals surface area (Å²) in [6.45, 7) is 3.25. The number of benzene rings is 1. The van der Waals surface area contributed by atoms with Crippen molar-refractivity contribution in [1.29, 1.82) is 0 Å². The predicted octanol–water partition coefficient (Wildman–Crippen LogP) is 2.97. The third-order valence-corrected chi connectivity index (χ3v) is 4.91. The summed E-state index contributed by atoms with van der Waals surface area (Å²) in [4.78, 5) is 21.6. The fourth-order valence-corrected chi connectivity index (χ4v) is 3.53. The van der Waals surface area contributed by atoms with Crippen LogP contribution in [-0.2, 0) is 7.05 Å². The Kier molecular flexibility index (Phi) is 6.16. The van der Waals surface area contributed by atoms with E-state index in [4.69, 9.17) is 0 Å². The first-order valence-corrected chi connectivity index (χ1v) is 8.60. The van der Waals surface area contributed by atoms with Crippen LogP contribution in [0.25, 0.3) is 10.2 Å². The number of carbonyl (C=O) groups is 1.